The number of methoxy groups -OCH3 is 1. The van der Waals surface area contributed by atoms with Crippen molar-refractivity contribution in [2.24, 2.45) is 7.05 Å². The van der Waals surface area contributed by atoms with E-state index in [1.807, 2.05) is 7.05 Å². The molecular formula is C30H34ClF2N6O5+. The van der Waals surface area contributed by atoms with Crippen LogP contribution in [0, 0.1) is 11.6 Å². The highest BCUT2D eigenvalue weighted by molar-refractivity contribution is 6.34. The van der Waals surface area contributed by atoms with Crippen LogP contribution in [-0.4, -0.2) is 113 Å². The maximum atomic E-state index is 14.6. The van der Waals surface area contributed by atoms with Crippen LogP contribution >= 0.6 is 11.6 Å². The molecule has 2 atom stereocenters. The Morgan fingerprint density at radius 3 is 2.45 bits per heavy atom. The first-order valence-corrected chi connectivity index (χ1v) is 14.5. The first-order chi connectivity index (χ1) is 20.9. The van der Waals surface area contributed by atoms with Gasteiger partial charge in [0, 0.05) is 50.9 Å². The van der Waals surface area contributed by atoms with E-state index in [9.17, 15) is 28.3 Å². The van der Waals surface area contributed by atoms with E-state index < -0.39 is 17.5 Å². The lowest BCUT2D eigenvalue weighted by molar-refractivity contribution is -0.891. The van der Waals surface area contributed by atoms with Crippen LogP contribution in [0.1, 0.15) is 27.4 Å². The Hall–Kier alpha value is -4.07. The van der Waals surface area contributed by atoms with Gasteiger partial charge in [-0.3, -0.25) is 14.4 Å². The van der Waals surface area contributed by atoms with Gasteiger partial charge < -0.3 is 34.0 Å². The third-order valence-corrected chi connectivity index (χ3v) is 8.59. The summed E-state index contributed by atoms with van der Waals surface area (Å²) in [5.41, 5.74) is 0.655. The van der Waals surface area contributed by atoms with Crippen molar-refractivity contribution in [3.8, 4) is 17.0 Å². The predicted molar refractivity (Wildman–Crippen MR) is 158 cm³/mol. The van der Waals surface area contributed by atoms with Crippen molar-refractivity contribution in [2.45, 2.75) is 12.5 Å². The molecule has 2 fully saturated rings. The van der Waals surface area contributed by atoms with E-state index in [-0.39, 0.29) is 51.3 Å². The summed E-state index contributed by atoms with van der Waals surface area (Å²) in [5.74, 6) is -3.48. The minimum Gasteiger partial charge on any atom is -0.494 e. The van der Waals surface area contributed by atoms with Crippen molar-refractivity contribution in [3.05, 3.63) is 64.6 Å². The summed E-state index contributed by atoms with van der Waals surface area (Å²) in [6.07, 6.45) is 1.57. The van der Waals surface area contributed by atoms with Crippen LogP contribution in [-0.2, 0) is 11.8 Å². The number of rotatable bonds is 7. The van der Waals surface area contributed by atoms with Crippen molar-refractivity contribution in [2.75, 3.05) is 65.3 Å². The highest BCUT2D eigenvalue weighted by Gasteiger charge is 2.37. The number of carbonyl (C=O) groups is 3. The largest absolute Gasteiger partial charge is 0.494 e. The third-order valence-electron chi connectivity index (χ3n) is 8.28. The van der Waals surface area contributed by atoms with Crippen LogP contribution < -0.4 is 10.1 Å². The van der Waals surface area contributed by atoms with Crippen molar-refractivity contribution in [3.63, 3.8) is 0 Å². The van der Waals surface area contributed by atoms with Gasteiger partial charge in [-0.2, -0.15) is 4.39 Å². The number of likely N-dealkylation sites (N-methyl/N-ethyl adjacent to an activating group) is 1. The van der Waals surface area contributed by atoms with E-state index in [0.29, 0.717) is 55.9 Å². The number of nitrogens with zero attached hydrogens (tertiary/aromatic N) is 5. The van der Waals surface area contributed by atoms with Gasteiger partial charge in [-0.05, 0) is 30.3 Å². The van der Waals surface area contributed by atoms with Crippen molar-refractivity contribution in [1.82, 2.24) is 19.4 Å². The number of halogens is 3. The van der Waals surface area contributed by atoms with Gasteiger partial charge in [-0.25, -0.2) is 9.37 Å². The molecule has 1 aromatic heterocycles. The highest BCUT2D eigenvalue weighted by atomic mass is 35.5. The zero-order valence-corrected chi connectivity index (χ0v) is 25.4. The third kappa shape index (κ3) is 6.26. The predicted octanol–water partition coefficient (Wildman–Crippen LogP) is 2.78. The number of benzene rings is 2. The van der Waals surface area contributed by atoms with E-state index >= 15 is 0 Å². The number of imidazole rings is 1. The number of aliphatic hydroxyl groups is 1. The number of ether oxygens (including phenoxy) is 1. The Bertz CT molecular complexity index is 1610. The zero-order valence-electron chi connectivity index (χ0n) is 24.6. The molecule has 0 aliphatic carbocycles. The van der Waals surface area contributed by atoms with E-state index in [4.69, 9.17) is 16.3 Å². The number of aromatic nitrogens is 2. The van der Waals surface area contributed by atoms with Gasteiger partial charge in [0.15, 0.2) is 23.9 Å². The van der Waals surface area contributed by atoms with E-state index in [1.165, 1.54) is 55.3 Å². The number of amides is 3. The van der Waals surface area contributed by atoms with Crippen molar-refractivity contribution in [1.29, 1.82) is 0 Å². The Kier molecular flexibility index (Phi) is 8.91. The molecule has 3 amide bonds. The summed E-state index contributed by atoms with van der Waals surface area (Å²) in [6, 6.07) is 7.12. The second-order valence-electron chi connectivity index (χ2n) is 11.4. The van der Waals surface area contributed by atoms with Crippen LogP contribution in [0.25, 0.3) is 11.3 Å². The fraction of sp³-hybridized carbons (Fsp3) is 0.400. The second-order valence-corrected chi connectivity index (χ2v) is 11.8. The Balaban J connectivity index is 1.20. The first-order valence-electron chi connectivity index (χ1n) is 14.1. The van der Waals surface area contributed by atoms with Crippen molar-refractivity contribution >= 4 is 35.0 Å². The smallest absolute Gasteiger partial charge is 0.291 e. The molecule has 2 aliphatic heterocycles. The monoisotopic (exact) mass is 631 g/mol. The van der Waals surface area contributed by atoms with Gasteiger partial charge in [-0.15, -0.1) is 0 Å². The van der Waals surface area contributed by atoms with Gasteiger partial charge in [0.25, 0.3) is 17.7 Å². The summed E-state index contributed by atoms with van der Waals surface area (Å²) in [6.45, 7) is 3.15. The molecule has 2 aromatic carbocycles. The molecule has 234 valence electrons. The summed E-state index contributed by atoms with van der Waals surface area (Å²) >= 11 is 6.45. The first kappa shape index (κ1) is 31.4. The molecular weight excluding hydrogens is 598 g/mol. The molecule has 0 bridgehead atoms. The van der Waals surface area contributed by atoms with Crippen LogP contribution in [0.5, 0.6) is 5.75 Å². The highest BCUT2D eigenvalue weighted by Crippen LogP contribution is 2.30. The van der Waals surface area contributed by atoms with Crippen LogP contribution in [0.2, 0.25) is 5.02 Å². The molecule has 3 heterocycles. The average Bonchev–Trinajstić information content (AvgIpc) is 3.54. The molecule has 0 spiro atoms. The Morgan fingerprint density at radius 2 is 1.82 bits per heavy atom. The van der Waals surface area contributed by atoms with Gasteiger partial charge in [0.1, 0.15) is 12.6 Å². The molecule has 0 saturated carbocycles. The molecule has 44 heavy (non-hydrogen) atoms. The Labute approximate surface area is 258 Å². The molecule has 2 unspecified atom stereocenters. The molecule has 11 nitrogen and oxygen atoms in total. The summed E-state index contributed by atoms with van der Waals surface area (Å²) in [7, 11) is 4.70. The lowest BCUT2D eigenvalue weighted by Gasteiger charge is -2.37. The van der Waals surface area contributed by atoms with Gasteiger partial charge in [0.05, 0.1) is 43.2 Å². The fourth-order valence-electron chi connectivity index (χ4n) is 5.76. The number of anilines is 1. The number of piperazine rings is 1. The number of nitrogens with one attached hydrogen (secondary N) is 1. The number of quaternary nitrogens is 1. The maximum absolute atomic E-state index is 14.6. The van der Waals surface area contributed by atoms with Gasteiger partial charge >= 0.3 is 0 Å². The summed E-state index contributed by atoms with van der Waals surface area (Å²) < 4.78 is 35.5. The summed E-state index contributed by atoms with van der Waals surface area (Å²) in [4.78, 5) is 46.6. The number of aliphatic hydroxyl groups excluding tert-OH is 1. The molecule has 3 aromatic rings. The number of carbonyl (C=O) groups excluding carboxylic acids is 3. The number of hydrogen-bond acceptors (Lipinski definition) is 6. The van der Waals surface area contributed by atoms with E-state index in [2.05, 4.69) is 10.3 Å². The summed E-state index contributed by atoms with van der Waals surface area (Å²) in [5, 5.41) is 12.7. The van der Waals surface area contributed by atoms with Gasteiger partial charge in [-0.1, -0.05) is 11.6 Å². The molecule has 2 aliphatic rings. The molecule has 2 saturated heterocycles. The normalized spacial score (nSPS) is 20.1. The number of hydrogen-bond donors (Lipinski definition) is 2. The standard InChI is InChI=1S/C30H33ClF2N6O5/c1-36-23(21-6-7-24(44-3)27(33)26(21)32)15-34-28(36)29(42)35-18-4-5-20(22(31)14-18)30(43)38-11-9-37(10-12-38)25(41)17-39(2)13-8-19(40)16-39/h4-7,14-15,19,40H,8-13,16-17H2,1-3H3/p+1. The van der Waals surface area contributed by atoms with Crippen molar-refractivity contribution < 1.29 is 37.5 Å². The Morgan fingerprint density at radius 1 is 1.11 bits per heavy atom. The van der Waals surface area contributed by atoms with Crippen LogP contribution in [0.3, 0.4) is 0 Å². The zero-order chi connectivity index (χ0) is 31.8. The second kappa shape index (κ2) is 12.5. The molecule has 14 heteroatoms. The molecule has 5 rings (SSSR count). The molecule has 2 N–H and O–H groups in total. The lowest BCUT2D eigenvalue weighted by Crippen LogP contribution is -2.55. The van der Waals surface area contributed by atoms with Crippen LogP contribution in [0.4, 0.5) is 14.5 Å². The van der Waals surface area contributed by atoms with E-state index in [1.54, 1.807) is 9.80 Å². The lowest BCUT2D eigenvalue weighted by atomic mass is 10.1. The average molecular weight is 632 g/mol. The van der Waals surface area contributed by atoms with E-state index in [0.717, 1.165) is 6.54 Å². The molecule has 0 radical (unpaired) electrons. The quantitative estimate of drug-likeness (QED) is 0.388. The van der Waals surface area contributed by atoms with Crippen LogP contribution in [0.15, 0.2) is 36.5 Å². The fourth-order valence-corrected chi connectivity index (χ4v) is 6.02. The minimum atomic E-state index is -1.15. The minimum absolute atomic E-state index is 0.00737. The van der Waals surface area contributed by atoms with Gasteiger partial charge in [0.2, 0.25) is 5.82 Å². The maximum Gasteiger partial charge on any atom is 0.291 e. The topological polar surface area (TPSA) is 117 Å². The number of likely N-dealkylation sites (tertiary alicyclic amines) is 1. The SMILES string of the molecule is COc1ccc(-c2cnc(C(=O)Nc3ccc(C(=O)N4CCN(C(=O)C[N+]5(C)CCC(O)C5)CC4)c(Cl)c3)n2C)c(F)c1F.